The summed E-state index contributed by atoms with van der Waals surface area (Å²) in [5, 5.41) is 13.5. The molecule has 0 saturated carbocycles. The number of nitro groups is 1. The van der Waals surface area contributed by atoms with Gasteiger partial charge in [-0.05, 0) is 5.53 Å². The lowest BCUT2D eigenvalue weighted by molar-refractivity contribution is -0.434. The van der Waals surface area contributed by atoms with E-state index < -0.39 is 20.6 Å². The zero-order valence-corrected chi connectivity index (χ0v) is 11.9. The number of hydrogen-bond acceptors (Lipinski definition) is 11. The van der Waals surface area contributed by atoms with Gasteiger partial charge >= 0.3 is 0 Å². The highest BCUT2D eigenvalue weighted by molar-refractivity contribution is 7.40. The van der Waals surface area contributed by atoms with Gasteiger partial charge in [-0.2, -0.15) is 15.6 Å². The highest BCUT2D eigenvalue weighted by atomic mass is 31.2. The molecule has 1 aromatic rings. The minimum Gasteiger partial charge on any atom is -0.822 e. The van der Waals surface area contributed by atoms with Crippen LogP contribution in [0.4, 0.5) is 11.4 Å². The summed E-state index contributed by atoms with van der Waals surface area (Å²) in [4.78, 5) is 63.5. The maximum Gasteiger partial charge on any atom is 0.269 e. The summed E-state index contributed by atoms with van der Waals surface area (Å²) in [6.45, 7) is 0. The average molecular weight is 354 g/mol. The number of azide groups is 1. The van der Waals surface area contributed by atoms with Crippen molar-refractivity contribution in [2.24, 2.45) is 5.11 Å². The molecule has 0 atom stereocenters. The second-order valence-corrected chi connectivity index (χ2v) is 4.65. The third-order valence-corrected chi connectivity index (χ3v) is 1.20. The Morgan fingerprint density at radius 3 is 1.77 bits per heavy atom. The number of phosphoric acid groups is 2. The van der Waals surface area contributed by atoms with Crippen molar-refractivity contribution in [1.29, 1.82) is 0 Å². The molecule has 0 bridgehead atoms. The van der Waals surface area contributed by atoms with E-state index in [1.807, 2.05) is 0 Å². The fraction of sp³-hybridized carbons (Fsp3) is 0. The second kappa shape index (κ2) is 9.97. The molecule has 1 aromatic carbocycles. The summed E-state index contributed by atoms with van der Waals surface area (Å²) < 4.78 is 17.1. The second-order valence-electron chi connectivity index (χ2n) is 2.86. The molecule has 0 amide bonds. The van der Waals surface area contributed by atoms with Crippen LogP contribution in [0.3, 0.4) is 0 Å². The number of non-ortho nitro benzene ring substituents is 1. The predicted molar refractivity (Wildman–Crippen MR) is 57.1 cm³/mol. The van der Waals surface area contributed by atoms with Crippen LogP contribution in [0, 0.1) is 10.1 Å². The lowest BCUT2D eigenvalue weighted by Gasteiger charge is -2.36. The molecular formula is C6H4N4O10P2-6. The summed E-state index contributed by atoms with van der Waals surface area (Å²) in [5.41, 5.74) is 8.20. The van der Waals surface area contributed by atoms with Gasteiger partial charge in [0.1, 0.15) is 0 Å². The molecule has 1 rings (SSSR count). The predicted octanol–water partition coefficient (Wildman–Crippen LogP) is -3.11. The van der Waals surface area contributed by atoms with Crippen molar-refractivity contribution in [2.75, 3.05) is 0 Å². The van der Waals surface area contributed by atoms with Crippen LogP contribution in [-0.2, 0) is 9.13 Å². The zero-order chi connectivity index (χ0) is 18.0. The molecule has 0 saturated heterocycles. The Hall–Kier alpha value is -1.85. The molecule has 0 radical (unpaired) electrons. The number of nitro benzene ring substituents is 1. The Morgan fingerprint density at radius 2 is 1.45 bits per heavy atom. The van der Waals surface area contributed by atoms with Gasteiger partial charge in [0.05, 0.1) is 4.92 Å². The van der Waals surface area contributed by atoms with E-state index >= 15 is 0 Å². The van der Waals surface area contributed by atoms with Crippen molar-refractivity contribution in [1.82, 2.24) is 0 Å². The summed E-state index contributed by atoms with van der Waals surface area (Å²) >= 11 is 0. The SMILES string of the molecule is O=P([O-])([O-])[O-].O=P([O-])([O-])[O-].[N-]=[N+]=Nc1cccc([N+](=O)[O-])c1. The first-order valence-electron chi connectivity index (χ1n) is 4.49. The molecule has 0 aromatic heterocycles. The molecular weight excluding hydrogens is 350 g/mol. The minimum atomic E-state index is -5.39. The van der Waals surface area contributed by atoms with Gasteiger partial charge in [-0.15, -0.1) is 0 Å². The summed E-state index contributed by atoms with van der Waals surface area (Å²) in [5.74, 6) is 0. The molecule has 0 unspecified atom stereocenters. The Balaban J connectivity index is 0. The van der Waals surface area contributed by atoms with E-state index in [0.717, 1.165) is 0 Å². The third-order valence-electron chi connectivity index (χ3n) is 1.20. The first kappa shape index (κ1) is 22.4. The fourth-order valence-corrected chi connectivity index (χ4v) is 0.720. The molecule has 0 aliphatic carbocycles. The van der Waals surface area contributed by atoms with E-state index in [9.17, 15) is 10.1 Å². The highest BCUT2D eigenvalue weighted by Crippen LogP contribution is 2.19. The Kier molecular flexibility index (Phi) is 10.2. The van der Waals surface area contributed by atoms with E-state index in [0.29, 0.717) is 0 Å². The van der Waals surface area contributed by atoms with E-state index in [2.05, 4.69) is 10.0 Å². The van der Waals surface area contributed by atoms with E-state index in [1.54, 1.807) is 0 Å². The van der Waals surface area contributed by atoms with Crippen LogP contribution < -0.4 is 29.4 Å². The normalized spacial score (nSPS) is 10.1. The van der Waals surface area contributed by atoms with Crippen LogP contribution in [0.2, 0.25) is 0 Å². The topological polar surface area (TPSA) is 264 Å². The largest absolute Gasteiger partial charge is 0.822 e. The minimum absolute atomic E-state index is 0.0834. The van der Waals surface area contributed by atoms with Crippen LogP contribution in [0.5, 0.6) is 0 Å². The van der Waals surface area contributed by atoms with Crippen LogP contribution in [0.1, 0.15) is 0 Å². The van der Waals surface area contributed by atoms with Gasteiger partial charge < -0.3 is 38.5 Å². The van der Waals surface area contributed by atoms with Crippen LogP contribution >= 0.6 is 15.6 Å². The Labute approximate surface area is 121 Å². The molecule has 124 valence electrons. The quantitative estimate of drug-likeness (QED) is 0.129. The summed E-state index contributed by atoms with van der Waals surface area (Å²) in [7, 11) is -10.8. The van der Waals surface area contributed by atoms with Crippen molar-refractivity contribution in [2.45, 2.75) is 0 Å². The number of hydrogen-bond donors (Lipinski definition) is 0. The summed E-state index contributed by atoms with van der Waals surface area (Å²) in [6.07, 6.45) is 0. The van der Waals surface area contributed by atoms with Crippen LogP contribution in [-0.4, -0.2) is 4.92 Å². The average Bonchev–Trinajstić information content (AvgIpc) is 2.25. The molecule has 0 spiro atoms. The highest BCUT2D eigenvalue weighted by Gasteiger charge is 2.03. The number of nitrogens with zero attached hydrogens (tertiary/aromatic N) is 4. The maximum absolute atomic E-state index is 10.2. The molecule has 0 aliphatic rings. The lowest BCUT2D eigenvalue weighted by Crippen LogP contribution is -2.24. The third kappa shape index (κ3) is 23.3. The zero-order valence-electron chi connectivity index (χ0n) is 10.1. The molecule has 0 fully saturated rings. The monoisotopic (exact) mass is 354 g/mol. The van der Waals surface area contributed by atoms with Crippen molar-refractivity contribution in [3.8, 4) is 0 Å². The van der Waals surface area contributed by atoms with Gasteiger partial charge in [0.25, 0.3) is 5.69 Å². The Bertz CT molecular complexity index is 578. The van der Waals surface area contributed by atoms with Crippen LogP contribution in [0.15, 0.2) is 29.4 Å². The van der Waals surface area contributed by atoms with Gasteiger partial charge in [0.15, 0.2) is 0 Å². The van der Waals surface area contributed by atoms with Crippen molar-refractivity contribution >= 4 is 27.0 Å². The first-order chi connectivity index (χ1) is 9.74. The van der Waals surface area contributed by atoms with Gasteiger partial charge in [0.2, 0.25) is 0 Å². The van der Waals surface area contributed by atoms with Crippen molar-refractivity contribution in [3.05, 3.63) is 44.8 Å². The van der Waals surface area contributed by atoms with Gasteiger partial charge in [0, 0.05) is 22.7 Å². The molecule has 22 heavy (non-hydrogen) atoms. The molecule has 0 aliphatic heterocycles. The number of benzene rings is 1. The van der Waals surface area contributed by atoms with Crippen LogP contribution in [0.25, 0.3) is 10.4 Å². The molecule has 16 heteroatoms. The van der Waals surface area contributed by atoms with Crippen molar-refractivity contribution < 1.29 is 43.4 Å². The summed E-state index contributed by atoms with van der Waals surface area (Å²) in [6, 6.07) is 5.49. The van der Waals surface area contributed by atoms with E-state index in [1.165, 1.54) is 24.3 Å². The van der Waals surface area contributed by atoms with Gasteiger partial charge in [-0.3, -0.25) is 10.1 Å². The lowest BCUT2D eigenvalue weighted by atomic mass is 10.3. The van der Waals surface area contributed by atoms with Gasteiger partial charge in [-0.25, -0.2) is 0 Å². The van der Waals surface area contributed by atoms with Crippen molar-refractivity contribution in [3.63, 3.8) is 0 Å². The number of rotatable bonds is 2. The van der Waals surface area contributed by atoms with E-state index in [4.69, 9.17) is 44.0 Å². The van der Waals surface area contributed by atoms with E-state index in [-0.39, 0.29) is 11.4 Å². The fourth-order valence-electron chi connectivity index (χ4n) is 0.720. The molecule has 0 heterocycles. The molecule has 0 N–H and O–H groups in total. The first-order valence-corrected chi connectivity index (χ1v) is 7.42. The standard InChI is InChI=1S/C6H4N4O2.2H3O4P/c7-9-8-5-2-1-3-6(4-5)10(11)12;2*1-5(2,3)4/h1-4H;2*(H3,1,2,3,4)/p-6. The Morgan fingerprint density at radius 1 is 1.05 bits per heavy atom. The van der Waals surface area contributed by atoms with Gasteiger partial charge in [-0.1, -0.05) is 17.2 Å². The molecule has 14 nitrogen and oxygen atoms in total. The smallest absolute Gasteiger partial charge is 0.269 e. The maximum atomic E-state index is 10.2.